The van der Waals surface area contributed by atoms with Gasteiger partial charge in [0.25, 0.3) is 0 Å². The molecule has 0 saturated heterocycles. The first-order valence-electron chi connectivity index (χ1n) is 5.51. The molecule has 2 amide bonds. The van der Waals surface area contributed by atoms with Gasteiger partial charge in [0.15, 0.2) is 0 Å². The van der Waals surface area contributed by atoms with Crippen LogP contribution in [0.3, 0.4) is 0 Å². The van der Waals surface area contributed by atoms with Crippen LogP contribution in [0.2, 0.25) is 0 Å². The molecule has 0 aliphatic carbocycles. The van der Waals surface area contributed by atoms with E-state index < -0.39 is 0 Å². The van der Waals surface area contributed by atoms with E-state index in [1.807, 2.05) is 24.3 Å². The average Bonchev–Trinajstić information content (AvgIpc) is 2.40. The summed E-state index contributed by atoms with van der Waals surface area (Å²) >= 11 is 4.34. The zero-order valence-corrected chi connectivity index (χ0v) is 14.5. The maximum atomic E-state index is 11.9. The van der Waals surface area contributed by atoms with Gasteiger partial charge >= 0.3 is 11.8 Å². The number of carbonyl (C=O) groups excluding carboxylic acids is 2. The number of nitrogens with two attached hydrogens (primary N) is 1. The highest BCUT2D eigenvalue weighted by molar-refractivity contribution is 14.1. The summed E-state index contributed by atoms with van der Waals surface area (Å²) in [5.41, 5.74) is 1.05. The molecule has 0 aliphatic heterocycles. The highest BCUT2D eigenvalue weighted by Crippen LogP contribution is 2.07. The normalized spacial score (nSPS) is 9.70. The van der Waals surface area contributed by atoms with Gasteiger partial charge in [0, 0.05) is 7.14 Å². The predicted octanol–water partition coefficient (Wildman–Crippen LogP) is 2.26. The lowest BCUT2D eigenvalue weighted by atomic mass is 10.2. The SMILES string of the molecule is O=C([NH2+]C(=O)c1ccc(I)cc1)c1ccc(I)cc1.[OH-]. The van der Waals surface area contributed by atoms with Crippen LogP contribution in [0.15, 0.2) is 48.5 Å². The first-order chi connectivity index (χ1) is 9.06. The number of hydrogen-bond acceptors (Lipinski definition) is 3. The van der Waals surface area contributed by atoms with E-state index in [1.54, 1.807) is 24.3 Å². The van der Waals surface area contributed by atoms with Crippen LogP contribution in [-0.2, 0) is 0 Å². The highest BCUT2D eigenvalue weighted by atomic mass is 127. The van der Waals surface area contributed by atoms with E-state index >= 15 is 0 Å². The van der Waals surface area contributed by atoms with Gasteiger partial charge in [-0.3, -0.25) is 0 Å². The molecule has 0 bridgehead atoms. The first-order valence-corrected chi connectivity index (χ1v) is 7.66. The van der Waals surface area contributed by atoms with Crippen molar-refractivity contribution < 1.29 is 20.4 Å². The number of imide groups is 1. The minimum Gasteiger partial charge on any atom is -0.870 e. The van der Waals surface area contributed by atoms with Gasteiger partial charge in [0.05, 0.1) is 11.1 Å². The van der Waals surface area contributed by atoms with Crippen molar-refractivity contribution in [3.05, 3.63) is 66.8 Å². The largest absolute Gasteiger partial charge is 0.870 e. The maximum Gasteiger partial charge on any atom is 0.350 e. The number of hydrogen-bond donors (Lipinski definition) is 1. The monoisotopic (exact) mass is 495 g/mol. The van der Waals surface area contributed by atoms with E-state index in [1.165, 1.54) is 0 Å². The van der Waals surface area contributed by atoms with E-state index in [-0.39, 0.29) is 17.3 Å². The molecule has 4 nitrogen and oxygen atoms in total. The number of quaternary nitrogens is 1. The molecule has 20 heavy (non-hydrogen) atoms. The van der Waals surface area contributed by atoms with Gasteiger partial charge in [0.1, 0.15) is 0 Å². The molecule has 3 N–H and O–H groups in total. The van der Waals surface area contributed by atoms with E-state index in [0.29, 0.717) is 11.1 Å². The third kappa shape index (κ3) is 4.62. The second-order valence-corrected chi connectivity index (χ2v) is 6.38. The lowest BCUT2D eigenvalue weighted by Gasteiger charge is -1.99. The summed E-state index contributed by atoms with van der Waals surface area (Å²) in [5.74, 6) is -0.528. The Balaban J connectivity index is 0.00000200. The van der Waals surface area contributed by atoms with Gasteiger partial charge in [-0.1, -0.05) is 0 Å². The summed E-state index contributed by atoms with van der Waals surface area (Å²) in [6.45, 7) is 0. The molecule has 2 aromatic carbocycles. The summed E-state index contributed by atoms with van der Waals surface area (Å²) in [6, 6.07) is 14.3. The summed E-state index contributed by atoms with van der Waals surface area (Å²) in [7, 11) is 0. The molecule has 0 aliphatic rings. The first kappa shape index (κ1) is 17.2. The van der Waals surface area contributed by atoms with Crippen LogP contribution in [0.1, 0.15) is 20.7 Å². The standard InChI is InChI=1S/C14H9I2NO2.H2O/c15-11-5-1-9(2-6-11)13(18)17-14(19)10-3-7-12(16)8-4-10;/h1-8H,(H,17,18,19);1H2. The van der Waals surface area contributed by atoms with Crippen molar-refractivity contribution in [3.63, 3.8) is 0 Å². The number of halogens is 2. The topological polar surface area (TPSA) is 80.8 Å². The Labute approximate surface area is 143 Å². The molecule has 0 radical (unpaired) electrons. The third-order valence-electron chi connectivity index (χ3n) is 2.52. The Kier molecular flexibility index (Phi) is 6.72. The van der Waals surface area contributed by atoms with Crippen molar-refractivity contribution in [3.8, 4) is 0 Å². The highest BCUT2D eigenvalue weighted by Gasteiger charge is 2.17. The molecule has 0 spiro atoms. The molecule has 104 valence electrons. The molecule has 0 saturated carbocycles. The van der Waals surface area contributed by atoms with Crippen LogP contribution in [0, 0.1) is 7.14 Å². The fourth-order valence-corrected chi connectivity index (χ4v) is 2.23. The van der Waals surface area contributed by atoms with Crippen molar-refractivity contribution in [2.24, 2.45) is 0 Å². The van der Waals surface area contributed by atoms with Gasteiger partial charge in [0.2, 0.25) is 0 Å². The van der Waals surface area contributed by atoms with Crippen molar-refractivity contribution in [1.82, 2.24) is 0 Å². The summed E-state index contributed by atoms with van der Waals surface area (Å²) in [6.07, 6.45) is 0. The molecule has 2 rings (SSSR count). The van der Waals surface area contributed by atoms with E-state index in [0.717, 1.165) is 12.5 Å². The Hall–Kier alpha value is -0.840. The van der Waals surface area contributed by atoms with Crippen LogP contribution >= 0.6 is 45.2 Å². The summed E-state index contributed by atoms with van der Waals surface area (Å²) in [4.78, 5) is 23.9. The molecular formula is C14H11I2NO3. The summed E-state index contributed by atoms with van der Waals surface area (Å²) in [5, 5.41) is 1.14. The molecule has 0 atom stereocenters. The molecule has 0 fully saturated rings. The molecule has 0 aromatic heterocycles. The van der Waals surface area contributed by atoms with Crippen molar-refractivity contribution >= 4 is 57.0 Å². The van der Waals surface area contributed by atoms with Crippen molar-refractivity contribution in [2.75, 3.05) is 0 Å². The number of rotatable bonds is 2. The van der Waals surface area contributed by atoms with Crippen LogP contribution in [0.5, 0.6) is 0 Å². The number of primary amides is 2. The lowest BCUT2D eigenvalue weighted by molar-refractivity contribution is -0.450. The van der Waals surface area contributed by atoms with Gasteiger partial charge in [-0.15, -0.1) is 0 Å². The Morgan fingerprint density at radius 3 is 1.30 bits per heavy atom. The third-order valence-corrected chi connectivity index (χ3v) is 3.96. The second-order valence-electron chi connectivity index (χ2n) is 3.89. The van der Waals surface area contributed by atoms with E-state index in [4.69, 9.17) is 0 Å². The van der Waals surface area contributed by atoms with Crippen LogP contribution in [0.4, 0.5) is 0 Å². The summed E-state index contributed by atoms with van der Waals surface area (Å²) < 4.78 is 2.11. The van der Waals surface area contributed by atoms with Crippen molar-refractivity contribution in [2.45, 2.75) is 0 Å². The Bertz CT molecular complexity index is 554. The van der Waals surface area contributed by atoms with Crippen molar-refractivity contribution in [1.29, 1.82) is 0 Å². The lowest BCUT2D eigenvalue weighted by Crippen LogP contribution is -2.91. The van der Waals surface area contributed by atoms with E-state index in [2.05, 4.69) is 45.2 Å². The molecular weight excluding hydrogens is 484 g/mol. The number of amides is 2. The molecule has 6 heteroatoms. The van der Waals surface area contributed by atoms with E-state index in [9.17, 15) is 9.59 Å². The quantitative estimate of drug-likeness (QED) is 0.513. The van der Waals surface area contributed by atoms with Gasteiger partial charge in [-0.05, 0) is 93.7 Å². The smallest absolute Gasteiger partial charge is 0.350 e. The maximum absolute atomic E-state index is 11.9. The zero-order valence-electron chi connectivity index (χ0n) is 10.2. The zero-order chi connectivity index (χ0) is 13.8. The van der Waals surface area contributed by atoms with Gasteiger partial charge in [-0.25, -0.2) is 14.9 Å². The second kappa shape index (κ2) is 7.81. The minimum absolute atomic E-state index is 0. The average molecular weight is 495 g/mol. The molecule has 0 heterocycles. The van der Waals surface area contributed by atoms with Crippen LogP contribution < -0.4 is 5.32 Å². The minimum atomic E-state index is -0.264. The number of benzene rings is 2. The fourth-order valence-electron chi connectivity index (χ4n) is 1.51. The molecule has 0 unspecified atom stereocenters. The fraction of sp³-hybridized carbons (Fsp3) is 0. The van der Waals surface area contributed by atoms with Gasteiger partial charge in [-0.2, -0.15) is 0 Å². The van der Waals surface area contributed by atoms with Gasteiger partial charge < -0.3 is 5.48 Å². The number of carbonyl (C=O) groups is 2. The van der Waals surface area contributed by atoms with Crippen LogP contribution in [-0.4, -0.2) is 17.3 Å². The Morgan fingerprint density at radius 1 is 0.700 bits per heavy atom. The Morgan fingerprint density at radius 2 is 1.00 bits per heavy atom. The molecule has 2 aromatic rings. The van der Waals surface area contributed by atoms with Crippen LogP contribution in [0.25, 0.3) is 0 Å². The predicted molar refractivity (Wildman–Crippen MR) is 90.8 cm³/mol.